The Morgan fingerprint density at radius 3 is 1.40 bits per heavy atom. The van der Waals surface area contributed by atoms with E-state index in [9.17, 15) is 0 Å². The number of hydrogen-bond acceptors (Lipinski definition) is 1. The van der Waals surface area contributed by atoms with Crippen molar-refractivity contribution in [2.75, 3.05) is 0 Å². The molecule has 1 heterocycles. The molecule has 0 aliphatic carbocycles. The standard InChI is InChI=1S/C13H15B6N/c1-11(2,3)6-7(12(4,5)16)9(14)20-10(15)8(6)13(17,18)19/h1-5H3. The van der Waals surface area contributed by atoms with Gasteiger partial charge in [0.1, 0.15) is 15.7 Å². The summed E-state index contributed by atoms with van der Waals surface area (Å²) < 4.78 is 0. The van der Waals surface area contributed by atoms with Gasteiger partial charge in [-0.2, -0.15) is 0 Å². The Kier molecular flexibility index (Phi) is 4.46. The predicted octanol–water partition coefficient (Wildman–Crippen LogP) is -1.01. The molecule has 0 unspecified atom stereocenters. The van der Waals surface area contributed by atoms with E-state index in [1.807, 2.05) is 34.6 Å². The van der Waals surface area contributed by atoms with Crippen LogP contribution in [-0.4, -0.2) is 52.1 Å². The summed E-state index contributed by atoms with van der Waals surface area (Å²) in [7, 11) is 35.8. The quantitative estimate of drug-likeness (QED) is 0.613. The number of hydrogen-bond donors (Lipinski definition) is 0. The lowest BCUT2D eigenvalue weighted by molar-refractivity contribution is 0.564. The van der Waals surface area contributed by atoms with Crippen molar-refractivity contribution in [3.63, 3.8) is 0 Å². The lowest BCUT2D eigenvalue weighted by Gasteiger charge is -2.39. The van der Waals surface area contributed by atoms with E-state index in [2.05, 4.69) is 4.98 Å². The topological polar surface area (TPSA) is 12.9 Å². The molecule has 0 saturated carbocycles. The maximum absolute atomic E-state index is 6.23. The molecule has 12 radical (unpaired) electrons. The molecule has 0 aromatic carbocycles. The van der Waals surface area contributed by atoms with Crippen LogP contribution in [0.1, 0.15) is 51.3 Å². The van der Waals surface area contributed by atoms with Gasteiger partial charge in [0.15, 0.2) is 0 Å². The monoisotopic (exact) mass is 251 g/mol. The molecule has 0 atom stereocenters. The Balaban J connectivity index is 3.97. The van der Waals surface area contributed by atoms with Crippen molar-refractivity contribution in [2.24, 2.45) is 0 Å². The minimum atomic E-state index is -1.62. The molecular weight excluding hydrogens is 235 g/mol. The maximum Gasteiger partial charge on any atom is 0.142 e. The van der Waals surface area contributed by atoms with Crippen molar-refractivity contribution in [3.8, 4) is 0 Å². The van der Waals surface area contributed by atoms with Crippen molar-refractivity contribution in [1.82, 2.24) is 4.98 Å². The molecule has 1 nitrogen and oxygen atoms in total. The van der Waals surface area contributed by atoms with Crippen LogP contribution in [0.4, 0.5) is 0 Å². The zero-order valence-corrected chi connectivity index (χ0v) is 12.9. The lowest BCUT2D eigenvalue weighted by Crippen LogP contribution is -2.45. The molecule has 0 fully saturated rings. The highest BCUT2D eigenvalue weighted by molar-refractivity contribution is 6.60. The molecule has 1 aromatic rings. The minimum absolute atomic E-state index is 0.132. The molecule has 1 aromatic heterocycles. The number of rotatable bonds is 2. The van der Waals surface area contributed by atoms with Gasteiger partial charge in [-0.25, -0.2) is 0 Å². The first-order valence-corrected chi connectivity index (χ1v) is 6.43. The van der Waals surface area contributed by atoms with Crippen LogP contribution >= 0.6 is 0 Å². The molecule has 0 aliphatic heterocycles. The third kappa shape index (κ3) is 3.40. The second-order valence-electron chi connectivity index (χ2n) is 6.91. The SMILES string of the molecule is [B]c1nc([B])c(C([B])(C)C)c(C(C)(C)C)c1C([B])([B])[B]. The van der Waals surface area contributed by atoms with Gasteiger partial charge < -0.3 is 0 Å². The predicted molar refractivity (Wildman–Crippen MR) is 91.4 cm³/mol. The van der Waals surface area contributed by atoms with Crippen LogP contribution in [0.3, 0.4) is 0 Å². The molecule has 7 heteroatoms. The highest BCUT2D eigenvalue weighted by Crippen LogP contribution is 2.35. The molecule has 0 bridgehead atoms. The Bertz CT molecular complexity index is 481. The number of pyridine rings is 1. The van der Waals surface area contributed by atoms with Gasteiger partial charge in [0.05, 0.1) is 31.4 Å². The van der Waals surface area contributed by atoms with Crippen LogP contribution in [0.2, 0.25) is 0 Å². The van der Waals surface area contributed by atoms with E-state index in [1.165, 1.54) is 0 Å². The first kappa shape index (κ1) is 17.6. The van der Waals surface area contributed by atoms with Crippen LogP contribution in [-0.2, 0) is 15.8 Å². The Labute approximate surface area is 130 Å². The van der Waals surface area contributed by atoms with Crippen molar-refractivity contribution < 1.29 is 0 Å². The summed E-state index contributed by atoms with van der Waals surface area (Å²) in [5.41, 5.74) is 1.85. The van der Waals surface area contributed by atoms with Gasteiger partial charge in [-0.15, -0.1) is 5.11 Å². The summed E-state index contributed by atoms with van der Waals surface area (Å²) in [6.45, 7) is 9.64. The van der Waals surface area contributed by atoms with E-state index in [1.54, 1.807) is 0 Å². The van der Waals surface area contributed by atoms with E-state index in [4.69, 9.17) is 47.1 Å². The second kappa shape index (κ2) is 5.07. The summed E-state index contributed by atoms with van der Waals surface area (Å²) in [5.74, 6) is 0. The van der Waals surface area contributed by atoms with Crippen molar-refractivity contribution >= 4 is 58.3 Å². The molecule has 90 valence electrons. The summed E-state index contributed by atoms with van der Waals surface area (Å²) in [5, 5.41) is -2.35. The van der Waals surface area contributed by atoms with Crippen LogP contribution in [0.5, 0.6) is 0 Å². The second-order valence-corrected chi connectivity index (χ2v) is 6.91. The molecule has 0 spiro atoms. The average Bonchev–Trinajstić information content (AvgIpc) is 2.09. The zero-order valence-electron chi connectivity index (χ0n) is 12.9. The van der Waals surface area contributed by atoms with Crippen molar-refractivity contribution in [1.29, 1.82) is 0 Å². The van der Waals surface area contributed by atoms with Crippen LogP contribution in [0.15, 0.2) is 0 Å². The molecule has 0 saturated heterocycles. The van der Waals surface area contributed by atoms with Crippen molar-refractivity contribution in [2.45, 2.75) is 50.5 Å². The molecule has 0 aliphatic rings. The fraction of sp³-hybridized carbons (Fsp3) is 0.615. The first-order valence-electron chi connectivity index (χ1n) is 6.43. The molecule has 0 amide bonds. The summed E-state index contributed by atoms with van der Waals surface area (Å²) in [6.07, 6.45) is 0. The fourth-order valence-electron chi connectivity index (χ4n) is 2.46. The van der Waals surface area contributed by atoms with Gasteiger partial charge in [0.2, 0.25) is 0 Å². The summed E-state index contributed by atoms with van der Waals surface area (Å²) in [6, 6.07) is 0. The van der Waals surface area contributed by atoms with Gasteiger partial charge in [0.25, 0.3) is 0 Å². The molecule has 0 N–H and O–H groups in total. The summed E-state index contributed by atoms with van der Waals surface area (Å²) >= 11 is 0. The molecular formula is C13H15B6N. The fourth-order valence-corrected chi connectivity index (χ4v) is 2.46. The third-order valence-electron chi connectivity index (χ3n) is 3.08. The Morgan fingerprint density at radius 2 is 1.10 bits per heavy atom. The van der Waals surface area contributed by atoms with Gasteiger partial charge in [-0.05, 0) is 33.0 Å². The van der Waals surface area contributed by atoms with E-state index < -0.39 is 10.4 Å². The average molecular weight is 250 g/mol. The van der Waals surface area contributed by atoms with Gasteiger partial charge in [-0.1, -0.05) is 40.2 Å². The Hall–Kier alpha value is -0.460. The summed E-state index contributed by atoms with van der Waals surface area (Å²) in [4.78, 5) is 4.12. The highest BCUT2D eigenvalue weighted by atomic mass is 14.7. The van der Waals surface area contributed by atoms with E-state index in [0.29, 0.717) is 11.1 Å². The first-order chi connectivity index (χ1) is 8.67. The minimum Gasteiger partial charge on any atom is -0.281 e. The Morgan fingerprint density at radius 1 is 0.700 bits per heavy atom. The largest absolute Gasteiger partial charge is 0.281 e. The van der Waals surface area contributed by atoms with Gasteiger partial charge in [-0.3, -0.25) is 4.98 Å². The number of aromatic nitrogens is 1. The normalized spacial score (nSPS) is 13.4. The van der Waals surface area contributed by atoms with Crippen LogP contribution in [0.25, 0.3) is 0 Å². The van der Waals surface area contributed by atoms with Crippen LogP contribution in [0, 0.1) is 0 Å². The van der Waals surface area contributed by atoms with Crippen LogP contribution < -0.4 is 11.2 Å². The highest BCUT2D eigenvalue weighted by Gasteiger charge is 2.33. The van der Waals surface area contributed by atoms with E-state index >= 15 is 0 Å². The smallest absolute Gasteiger partial charge is 0.142 e. The lowest BCUT2D eigenvalue weighted by atomic mass is 9.37. The van der Waals surface area contributed by atoms with E-state index in [-0.39, 0.29) is 16.6 Å². The molecule has 1 rings (SSSR count). The van der Waals surface area contributed by atoms with Crippen molar-refractivity contribution in [3.05, 3.63) is 16.7 Å². The van der Waals surface area contributed by atoms with Gasteiger partial charge in [0, 0.05) is 0 Å². The van der Waals surface area contributed by atoms with E-state index in [0.717, 1.165) is 5.56 Å². The third-order valence-corrected chi connectivity index (χ3v) is 3.08. The maximum atomic E-state index is 6.23. The van der Waals surface area contributed by atoms with Gasteiger partial charge >= 0.3 is 0 Å². The number of nitrogens with zero attached hydrogens (tertiary/aromatic N) is 1. The zero-order chi connectivity index (χ0) is 16.1. The molecule has 20 heavy (non-hydrogen) atoms.